The number of carboxylic acid groups (broad SMARTS) is 4. The number of amides is 1. The van der Waals surface area contributed by atoms with E-state index in [9.17, 15) is 44.4 Å². The second kappa shape index (κ2) is 17.4. The van der Waals surface area contributed by atoms with Gasteiger partial charge in [-0.3, -0.25) is 38.8 Å². The van der Waals surface area contributed by atoms with Crippen LogP contribution >= 0.6 is 0 Å². The Hall–Kier alpha value is -4.89. The van der Waals surface area contributed by atoms with Gasteiger partial charge >= 0.3 is 23.9 Å². The zero-order valence-electron chi connectivity index (χ0n) is 28.5. The van der Waals surface area contributed by atoms with Gasteiger partial charge in [0, 0.05) is 65.3 Å². The standard InChI is InChI=1S/C37H45N5O9/c43-31(6-2-3-25-7-8-28-10-9-26-4-1-5-27-11-12-29(25)36(28)35(26)27)38-30(37(50)51)21-39-13-15-40(22-32(44)45)17-19-42(24-34(48)49)20-18-41(16-14-39)23-33(46)47/h1,4-5,7-12,30H,2-3,6,13-24H2,(H,38,43)(H,44,45)(H,46,47)(H,48,49)(H,50,51). The van der Waals surface area contributed by atoms with E-state index in [-0.39, 0.29) is 85.0 Å². The highest BCUT2D eigenvalue weighted by Crippen LogP contribution is 2.36. The third-order valence-electron chi connectivity index (χ3n) is 9.55. The number of carbonyl (C=O) groups excluding carboxylic acids is 1. The van der Waals surface area contributed by atoms with Crippen LogP contribution in [0, 0.1) is 0 Å². The number of hydrogen-bond donors (Lipinski definition) is 5. The first-order valence-corrected chi connectivity index (χ1v) is 17.2. The predicted molar refractivity (Wildman–Crippen MR) is 191 cm³/mol. The summed E-state index contributed by atoms with van der Waals surface area (Å²) in [5.74, 6) is -4.76. The summed E-state index contributed by atoms with van der Waals surface area (Å²) in [5.41, 5.74) is 1.12. The predicted octanol–water partition coefficient (Wildman–Crippen LogP) is 1.95. The molecule has 5 rings (SSSR count). The van der Waals surface area contributed by atoms with Crippen LogP contribution in [0.3, 0.4) is 0 Å². The first kappa shape index (κ1) is 37.4. The molecule has 272 valence electrons. The molecule has 0 radical (unpaired) electrons. The first-order chi connectivity index (χ1) is 24.5. The Kier molecular flexibility index (Phi) is 12.7. The van der Waals surface area contributed by atoms with E-state index < -0.39 is 35.8 Å². The van der Waals surface area contributed by atoms with Crippen molar-refractivity contribution in [1.82, 2.24) is 24.9 Å². The van der Waals surface area contributed by atoms with Crippen molar-refractivity contribution in [2.75, 3.05) is 78.5 Å². The van der Waals surface area contributed by atoms with Crippen LogP contribution < -0.4 is 5.32 Å². The average Bonchev–Trinajstić information content (AvgIpc) is 3.07. The van der Waals surface area contributed by atoms with Crippen molar-refractivity contribution in [2.45, 2.75) is 25.3 Å². The molecule has 1 heterocycles. The Morgan fingerprint density at radius 2 is 1.04 bits per heavy atom. The smallest absolute Gasteiger partial charge is 0.327 e. The summed E-state index contributed by atoms with van der Waals surface area (Å²) in [6.45, 7) is 1.08. The number of aliphatic carboxylic acids is 4. The molecule has 0 aliphatic carbocycles. The third-order valence-corrected chi connectivity index (χ3v) is 9.55. The largest absolute Gasteiger partial charge is 0.480 e. The minimum absolute atomic E-state index is 0.0664. The number of hydrogen-bond acceptors (Lipinski definition) is 9. The van der Waals surface area contributed by atoms with Crippen LogP contribution in [0.25, 0.3) is 32.3 Å². The molecule has 14 nitrogen and oxygen atoms in total. The SMILES string of the molecule is O=C(O)CN1CCN(CC(=O)O)CCN(CC(NC(=O)CCCc2ccc3ccc4cccc5ccc2c3c45)C(=O)O)CCN(CC(=O)O)CC1. The zero-order chi connectivity index (χ0) is 36.5. The molecule has 1 fully saturated rings. The molecule has 0 bridgehead atoms. The van der Waals surface area contributed by atoms with Gasteiger partial charge in [-0.2, -0.15) is 0 Å². The fraction of sp³-hybridized carbons (Fsp3) is 0.432. The molecule has 1 saturated heterocycles. The molecule has 1 aliphatic heterocycles. The lowest BCUT2D eigenvalue weighted by molar-refractivity contribution is -0.142. The quantitative estimate of drug-likeness (QED) is 0.120. The molecule has 5 N–H and O–H groups in total. The van der Waals surface area contributed by atoms with Crippen molar-refractivity contribution in [1.29, 1.82) is 0 Å². The van der Waals surface area contributed by atoms with Crippen molar-refractivity contribution in [3.63, 3.8) is 0 Å². The summed E-state index contributed by atoms with van der Waals surface area (Å²) < 4.78 is 0. The van der Waals surface area contributed by atoms with Crippen LogP contribution in [-0.4, -0.2) is 154 Å². The highest BCUT2D eigenvalue weighted by Gasteiger charge is 2.26. The van der Waals surface area contributed by atoms with E-state index in [1.54, 1.807) is 19.6 Å². The molecule has 0 spiro atoms. The minimum Gasteiger partial charge on any atom is -0.480 e. The Labute approximate surface area is 295 Å². The second-order valence-corrected chi connectivity index (χ2v) is 13.2. The van der Waals surface area contributed by atoms with Gasteiger partial charge in [0.2, 0.25) is 5.91 Å². The molecule has 1 amide bonds. The van der Waals surface area contributed by atoms with Crippen LogP contribution in [0.2, 0.25) is 0 Å². The lowest BCUT2D eigenvalue weighted by atomic mass is 9.90. The van der Waals surface area contributed by atoms with Crippen molar-refractivity contribution in [3.05, 3.63) is 60.2 Å². The van der Waals surface area contributed by atoms with E-state index in [1.165, 1.54) is 21.5 Å². The summed E-state index contributed by atoms with van der Waals surface area (Å²) in [6, 6.07) is 17.7. The molecule has 4 aromatic carbocycles. The zero-order valence-corrected chi connectivity index (χ0v) is 28.5. The Morgan fingerprint density at radius 3 is 1.53 bits per heavy atom. The maximum atomic E-state index is 13.1. The summed E-state index contributed by atoms with van der Waals surface area (Å²) in [4.78, 5) is 66.8. The Morgan fingerprint density at radius 1 is 0.588 bits per heavy atom. The van der Waals surface area contributed by atoms with Gasteiger partial charge in [-0.1, -0.05) is 54.6 Å². The van der Waals surface area contributed by atoms with Crippen molar-refractivity contribution in [3.8, 4) is 0 Å². The van der Waals surface area contributed by atoms with Gasteiger partial charge in [0.1, 0.15) is 6.04 Å². The van der Waals surface area contributed by atoms with E-state index in [4.69, 9.17) is 0 Å². The second-order valence-electron chi connectivity index (χ2n) is 13.2. The molecule has 0 saturated carbocycles. The van der Waals surface area contributed by atoms with Gasteiger partial charge in [0.05, 0.1) is 19.6 Å². The molecule has 51 heavy (non-hydrogen) atoms. The monoisotopic (exact) mass is 703 g/mol. The Bertz CT molecular complexity index is 1820. The van der Waals surface area contributed by atoms with Crippen molar-refractivity contribution < 1.29 is 44.4 Å². The topological polar surface area (TPSA) is 191 Å². The molecular weight excluding hydrogens is 658 g/mol. The molecule has 0 aromatic heterocycles. The van der Waals surface area contributed by atoms with Crippen LogP contribution in [0.5, 0.6) is 0 Å². The molecule has 1 unspecified atom stereocenters. The van der Waals surface area contributed by atoms with Crippen LogP contribution in [0.4, 0.5) is 0 Å². The average molecular weight is 704 g/mol. The highest BCUT2D eigenvalue weighted by atomic mass is 16.4. The number of aryl methyl sites for hydroxylation is 1. The van der Waals surface area contributed by atoms with E-state index in [2.05, 4.69) is 53.8 Å². The fourth-order valence-corrected chi connectivity index (χ4v) is 6.97. The molecule has 14 heteroatoms. The van der Waals surface area contributed by atoms with Crippen molar-refractivity contribution in [2.24, 2.45) is 0 Å². The number of rotatable bonds is 14. The number of nitrogens with zero attached hydrogens (tertiary/aromatic N) is 4. The maximum absolute atomic E-state index is 13.1. The summed E-state index contributed by atoms with van der Waals surface area (Å²) >= 11 is 0. The van der Waals surface area contributed by atoms with Gasteiger partial charge < -0.3 is 25.7 Å². The lowest BCUT2D eigenvalue weighted by Crippen LogP contribution is -2.52. The van der Waals surface area contributed by atoms with Crippen LogP contribution in [-0.2, 0) is 30.4 Å². The third kappa shape index (κ3) is 10.3. The van der Waals surface area contributed by atoms with E-state index in [0.29, 0.717) is 12.8 Å². The van der Waals surface area contributed by atoms with E-state index >= 15 is 0 Å². The summed E-state index contributed by atoms with van der Waals surface area (Å²) in [7, 11) is 0. The molecule has 1 aliphatic rings. The molecular formula is C37H45N5O9. The van der Waals surface area contributed by atoms with Gasteiger partial charge in [-0.05, 0) is 50.7 Å². The summed E-state index contributed by atoms with van der Waals surface area (Å²) in [6.07, 6.45) is 1.27. The fourth-order valence-electron chi connectivity index (χ4n) is 6.97. The lowest BCUT2D eigenvalue weighted by Gasteiger charge is -2.34. The number of carbonyl (C=O) groups is 5. The van der Waals surface area contributed by atoms with Crippen LogP contribution in [0.15, 0.2) is 54.6 Å². The van der Waals surface area contributed by atoms with Gasteiger partial charge in [0.25, 0.3) is 0 Å². The summed E-state index contributed by atoms with van der Waals surface area (Å²) in [5, 5.41) is 48.1. The first-order valence-electron chi connectivity index (χ1n) is 17.2. The van der Waals surface area contributed by atoms with E-state index in [0.717, 1.165) is 16.3 Å². The molecule has 1 atom stereocenters. The maximum Gasteiger partial charge on any atom is 0.327 e. The number of nitrogens with one attached hydrogen (secondary N) is 1. The minimum atomic E-state index is -1.24. The number of carboxylic acids is 4. The number of benzene rings is 4. The van der Waals surface area contributed by atoms with Gasteiger partial charge in [0.15, 0.2) is 0 Å². The van der Waals surface area contributed by atoms with Crippen LogP contribution in [0.1, 0.15) is 18.4 Å². The van der Waals surface area contributed by atoms with Gasteiger partial charge in [-0.25, -0.2) is 4.79 Å². The Balaban J connectivity index is 1.23. The molecule has 4 aromatic rings. The normalized spacial score (nSPS) is 16.9. The van der Waals surface area contributed by atoms with E-state index in [1.807, 2.05) is 6.07 Å². The van der Waals surface area contributed by atoms with Gasteiger partial charge in [-0.15, -0.1) is 0 Å². The van der Waals surface area contributed by atoms with Crippen molar-refractivity contribution >= 4 is 62.1 Å². The highest BCUT2D eigenvalue weighted by molar-refractivity contribution is 6.23.